The maximum Gasteiger partial charge on any atom is 0.321 e. The molecule has 0 aliphatic heterocycles. The topological polar surface area (TPSA) is 88.9 Å². The molecule has 0 radical (unpaired) electrons. The van der Waals surface area contributed by atoms with Crippen LogP contribution in [0.1, 0.15) is 32.5 Å². The Kier molecular flexibility index (Phi) is 5.81. The molecular weight excluding hydrogens is 266 g/mol. The van der Waals surface area contributed by atoms with Crippen LogP contribution in [0, 0.1) is 0 Å². The summed E-state index contributed by atoms with van der Waals surface area (Å²) in [6.07, 6.45) is 0. The molecule has 7 nitrogen and oxygen atoms in total. The van der Waals surface area contributed by atoms with Crippen LogP contribution in [0.25, 0.3) is 0 Å². The lowest BCUT2D eigenvalue weighted by Crippen LogP contribution is -2.40. The molecule has 2 N–H and O–H groups in total. The van der Waals surface area contributed by atoms with Crippen molar-refractivity contribution < 1.29 is 9.59 Å². The van der Waals surface area contributed by atoms with Crippen LogP contribution in [0.4, 0.5) is 4.79 Å². The van der Waals surface area contributed by atoms with E-state index in [1.807, 2.05) is 25.5 Å². The highest BCUT2D eigenvalue weighted by molar-refractivity contribution is 7.99. The van der Waals surface area contributed by atoms with Crippen molar-refractivity contribution >= 4 is 23.7 Å². The monoisotopic (exact) mass is 285 g/mol. The lowest BCUT2D eigenvalue weighted by molar-refractivity contribution is -0.117. The van der Waals surface area contributed by atoms with Gasteiger partial charge in [-0.1, -0.05) is 25.6 Å². The fourth-order valence-electron chi connectivity index (χ4n) is 1.45. The highest BCUT2D eigenvalue weighted by atomic mass is 32.2. The van der Waals surface area contributed by atoms with Crippen LogP contribution in [0.2, 0.25) is 0 Å². The van der Waals surface area contributed by atoms with Crippen molar-refractivity contribution in [1.29, 1.82) is 0 Å². The summed E-state index contributed by atoms with van der Waals surface area (Å²) in [6.45, 7) is 6.32. The van der Waals surface area contributed by atoms with Gasteiger partial charge in [0.1, 0.15) is 5.82 Å². The smallest absolute Gasteiger partial charge is 0.321 e. The summed E-state index contributed by atoms with van der Waals surface area (Å²) in [4.78, 5) is 22.6. The average molecular weight is 285 g/mol. The van der Waals surface area contributed by atoms with Gasteiger partial charge in [-0.15, -0.1) is 10.2 Å². The maximum atomic E-state index is 11.5. The van der Waals surface area contributed by atoms with Gasteiger partial charge in [0, 0.05) is 19.5 Å². The molecule has 0 spiro atoms. The summed E-state index contributed by atoms with van der Waals surface area (Å²) < 4.78 is 1.86. The van der Waals surface area contributed by atoms with Gasteiger partial charge in [-0.05, 0) is 6.92 Å². The molecule has 0 unspecified atom stereocenters. The fourth-order valence-corrected chi connectivity index (χ4v) is 2.17. The molecule has 0 aromatic carbocycles. The largest absolute Gasteiger partial charge is 0.338 e. The molecular formula is C11H19N5O2S. The Hall–Kier alpha value is -1.57. The van der Waals surface area contributed by atoms with Gasteiger partial charge in [-0.25, -0.2) is 4.79 Å². The average Bonchev–Trinajstić information content (AvgIpc) is 2.68. The summed E-state index contributed by atoms with van der Waals surface area (Å²) in [5.41, 5.74) is 0. The molecule has 3 amide bonds. The first-order valence-corrected chi connectivity index (χ1v) is 7.04. The van der Waals surface area contributed by atoms with Gasteiger partial charge < -0.3 is 9.88 Å². The van der Waals surface area contributed by atoms with Gasteiger partial charge in [-0.2, -0.15) is 0 Å². The number of aromatic nitrogens is 3. The van der Waals surface area contributed by atoms with Crippen LogP contribution >= 0.6 is 11.8 Å². The SMILES string of the molecule is CCNC(=O)NC(=O)CSc1nnc(C(C)C)n1C. The molecule has 0 saturated carbocycles. The summed E-state index contributed by atoms with van der Waals surface area (Å²) >= 11 is 1.25. The van der Waals surface area contributed by atoms with E-state index in [-0.39, 0.29) is 17.6 Å². The zero-order chi connectivity index (χ0) is 14.4. The number of imide groups is 1. The van der Waals surface area contributed by atoms with Gasteiger partial charge >= 0.3 is 6.03 Å². The number of thioether (sulfide) groups is 1. The van der Waals surface area contributed by atoms with Crippen molar-refractivity contribution in [2.45, 2.75) is 31.8 Å². The minimum atomic E-state index is -0.478. The van der Waals surface area contributed by atoms with E-state index in [1.54, 1.807) is 6.92 Å². The van der Waals surface area contributed by atoms with Crippen molar-refractivity contribution in [3.63, 3.8) is 0 Å². The zero-order valence-electron chi connectivity index (χ0n) is 11.6. The molecule has 1 heterocycles. The van der Waals surface area contributed by atoms with Crippen molar-refractivity contribution in [2.75, 3.05) is 12.3 Å². The Labute approximate surface area is 116 Å². The van der Waals surface area contributed by atoms with E-state index in [0.29, 0.717) is 11.7 Å². The normalized spacial score (nSPS) is 10.6. The van der Waals surface area contributed by atoms with Crippen LogP contribution in [0.5, 0.6) is 0 Å². The van der Waals surface area contributed by atoms with Crippen LogP contribution in [-0.4, -0.2) is 39.0 Å². The van der Waals surface area contributed by atoms with E-state index in [9.17, 15) is 9.59 Å². The number of hydrogen-bond acceptors (Lipinski definition) is 5. The molecule has 0 aliphatic rings. The van der Waals surface area contributed by atoms with Crippen molar-refractivity contribution in [3.8, 4) is 0 Å². The lowest BCUT2D eigenvalue weighted by Gasteiger charge is -2.06. The van der Waals surface area contributed by atoms with E-state index in [2.05, 4.69) is 20.8 Å². The lowest BCUT2D eigenvalue weighted by atomic mass is 10.2. The predicted octanol–water partition coefficient (Wildman–Crippen LogP) is 0.876. The third-order valence-electron chi connectivity index (χ3n) is 2.31. The Balaban J connectivity index is 2.49. The Morgan fingerprint density at radius 1 is 1.37 bits per heavy atom. The van der Waals surface area contributed by atoms with Gasteiger partial charge in [0.2, 0.25) is 5.91 Å². The highest BCUT2D eigenvalue weighted by Gasteiger charge is 2.14. The molecule has 106 valence electrons. The standard InChI is InChI=1S/C11H19N5O2S/c1-5-12-10(18)13-8(17)6-19-11-15-14-9(7(2)3)16(11)4/h7H,5-6H2,1-4H3,(H2,12,13,17,18). The van der Waals surface area contributed by atoms with Crippen molar-refractivity contribution in [2.24, 2.45) is 7.05 Å². The predicted molar refractivity (Wildman–Crippen MR) is 73.0 cm³/mol. The zero-order valence-corrected chi connectivity index (χ0v) is 12.4. The van der Waals surface area contributed by atoms with Crippen LogP contribution in [0.15, 0.2) is 5.16 Å². The summed E-state index contributed by atoms with van der Waals surface area (Å²) in [7, 11) is 1.86. The molecule has 1 aromatic heterocycles. The number of carbonyl (C=O) groups excluding carboxylic acids is 2. The second-order valence-corrected chi connectivity index (χ2v) is 5.19. The van der Waals surface area contributed by atoms with E-state index >= 15 is 0 Å². The molecule has 1 aromatic rings. The van der Waals surface area contributed by atoms with Gasteiger partial charge in [-0.3, -0.25) is 10.1 Å². The van der Waals surface area contributed by atoms with Gasteiger partial charge in [0.15, 0.2) is 5.16 Å². The van der Waals surface area contributed by atoms with Crippen molar-refractivity contribution in [3.05, 3.63) is 5.82 Å². The van der Waals surface area contributed by atoms with E-state index in [1.165, 1.54) is 11.8 Å². The quantitative estimate of drug-likeness (QED) is 0.784. The highest BCUT2D eigenvalue weighted by Crippen LogP contribution is 2.19. The molecule has 19 heavy (non-hydrogen) atoms. The third-order valence-corrected chi connectivity index (χ3v) is 3.33. The minimum absolute atomic E-state index is 0.126. The second-order valence-electron chi connectivity index (χ2n) is 4.25. The van der Waals surface area contributed by atoms with Crippen molar-refractivity contribution in [1.82, 2.24) is 25.4 Å². The number of carbonyl (C=O) groups is 2. The van der Waals surface area contributed by atoms with Crippen LogP contribution in [0.3, 0.4) is 0 Å². The number of nitrogens with one attached hydrogen (secondary N) is 2. The van der Waals surface area contributed by atoms with Crippen LogP contribution < -0.4 is 10.6 Å². The number of hydrogen-bond donors (Lipinski definition) is 2. The van der Waals surface area contributed by atoms with Gasteiger partial charge in [0.05, 0.1) is 5.75 Å². The molecule has 0 aliphatic carbocycles. The molecule has 0 bridgehead atoms. The number of nitrogens with zero attached hydrogens (tertiary/aromatic N) is 3. The Morgan fingerprint density at radius 3 is 2.58 bits per heavy atom. The molecule has 0 fully saturated rings. The summed E-state index contributed by atoms with van der Waals surface area (Å²) in [6, 6.07) is -0.478. The Bertz CT molecular complexity index is 458. The third kappa shape index (κ3) is 4.55. The maximum absolute atomic E-state index is 11.5. The Morgan fingerprint density at radius 2 is 2.05 bits per heavy atom. The first-order chi connectivity index (χ1) is 8.95. The first-order valence-electron chi connectivity index (χ1n) is 6.05. The minimum Gasteiger partial charge on any atom is -0.338 e. The second kappa shape index (κ2) is 7.13. The molecule has 8 heteroatoms. The van der Waals surface area contributed by atoms with E-state index < -0.39 is 6.03 Å². The summed E-state index contributed by atoms with van der Waals surface area (Å²) in [5, 5.41) is 13.5. The first kappa shape index (κ1) is 15.5. The van der Waals surface area contributed by atoms with E-state index in [0.717, 1.165) is 5.82 Å². The fraction of sp³-hybridized carbons (Fsp3) is 0.636. The summed E-state index contributed by atoms with van der Waals surface area (Å²) in [5.74, 6) is 0.911. The number of rotatable bonds is 5. The molecule has 1 rings (SSSR count). The van der Waals surface area contributed by atoms with Crippen LogP contribution in [-0.2, 0) is 11.8 Å². The number of amides is 3. The molecule has 0 saturated heterocycles. The molecule has 0 atom stereocenters. The number of urea groups is 1. The van der Waals surface area contributed by atoms with Gasteiger partial charge in [0.25, 0.3) is 0 Å². The van der Waals surface area contributed by atoms with E-state index in [4.69, 9.17) is 0 Å².